The lowest BCUT2D eigenvalue weighted by atomic mass is 10.0. The van der Waals surface area contributed by atoms with Crippen molar-refractivity contribution in [3.8, 4) is 5.75 Å². The molecular weight excluding hydrogens is 228 g/mol. The van der Waals surface area contributed by atoms with Crippen LogP contribution in [0.15, 0.2) is 12.1 Å². The van der Waals surface area contributed by atoms with Crippen LogP contribution in [0.5, 0.6) is 5.75 Å². The van der Waals surface area contributed by atoms with Gasteiger partial charge < -0.3 is 9.47 Å². The quantitative estimate of drug-likeness (QED) is 0.821. The molecule has 0 bridgehead atoms. The molecule has 0 aromatic heterocycles. The first-order chi connectivity index (χ1) is 8.58. The maximum atomic E-state index is 11.9. The third kappa shape index (κ3) is 2.91. The van der Waals surface area contributed by atoms with Gasteiger partial charge in [-0.2, -0.15) is 0 Å². The molecule has 1 heterocycles. The van der Waals surface area contributed by atoms with E-state index in [0.717, 1.165) is 23.3 Å². The summed E-state index contributed by atoms with van der Waals surface area (Å²) in [6.07, 6.45) is 0.827. The zero-order chi connectivity index (χ0) is 13.1. The van der Waals surface area contributed by atoms with Gasteiger partial charge in [-0.15, -0.1) is 0 Å². The van der Waals surface area contributed by atoms with E-state index in [4.69, 9.17) is 9.47 Å². The van der Waals surface area contributed by atoms with E-state index in [9.17, 15) is 4.79 Å². The van der Waals surface area contributed by atoms with E-state index in [2.05, 4.69) is 13.0 Å². The highest BCUT2D eigenvalue weighted by Gasteiger charge is 2.23. The maximum absolute atomic E-state index is 11.9. The van der Waals surface area contributed by atoms with E-state index in [0.29, 0.717) is 13.2 Å². The Morgan fingerprint density at radius 2 is 2.17 bits per heavy atom. The second-order valence-electron chi connectivity index (χ2n) is 5.02. The van der Waals surface area contributed by atoms with Crippen LogP contribution >= 0.6 is 0 Å². The van der Waals surface area contributed by atoms with Crippen LogP contribution in [0.1, 0.15) is 23.1 Å². The fourth-order valence-electron chi connectivity index (χ4n) is 2.21. The van der Waals surface area contributed by atoms with Crippen molar-refractivity contribution in [2.75, 3.05) is 19.8 Å². The summed E-state index contributed by atoms with van der Waals surface area (Å²) in [7, 11) is 0. The van der Waals surface area contributed by atoms with Gasteiger partial charge in [-0.25, -0.2) is 0 Å². The molecule has 0 spiro atoms. The first-order valence-electron chi connectivity index (χ1n) is 6.39. The molecule has 1 aromatic carbocycles. The summed E-state index contributed by atoms with van der Waals surface area (Å²) in [5, 5.41) is 0. The first-order valence-corrected chi connectivity index (χ1v) is 6.39. The predicted molar refractivity (Wildman–Crippen MR) is 70.1 cm³/mol. The fourth-order valence-corrected chi connectivity index (χ4v) is 2.21. The Bertz CT molecular complexity index is 445. The van der Waals surface area contributed by atoms with E-state index in [1.54, 1.807) is 0 Å². The Labute approximate surface area is 108 Å². The van der Waals surface area contributed by atoms with E-state index in [1.165, 1.54) is 5.56 Å². The van der Waals surface area contributed by atoms with Crippen molar-refractivity contribution in [3.63, 3.8) is 0 Å². The molecule has 1 atom stereocenters. The summed E-state index contributed by atoms with van der Waals surface area (Å²) in [5.41, 5.74) is 3.46. The van der Waals surface area contributed by atoms with Crippen LogP contribution in [-0.4, -0.2) is 25.6 Å². The Hall–Kier alpha value is -1.35. The lowest BCUT2D eigenvalue weighted by Crippen LogP contribution is -2.22. The normalized spacial score (nSPS) is 18.9. The highest BCUT2D eigenvalue weighted by molar-refractivity contribution is 5.82. The van der Waals surface area contributed by atoms with Crippen molar-refractivity contribution in [1.82, 2.24) is 0 Å². The van der Waals surface area contributed by atoms with Gasteiger partial charge in [0.2, 0.25) is 0 Å². The van der Waals surface area contributed by atoms with Gasteiger partial charge in [-0.3, -0.25) is 4.79 Å². The van der Waals surface area contributed by atoms with Crippen LogP contribution in [0.25, 0.3) is 0 Å². The van der Waals surface area contributed by atoms with Crippen LogP contribution in [0.4, 0.5) is 0 Å². The van der Waals surface area contributed by atoms with Crippen molar-refractivity contribution in [3.05, 3.63) is 28.8 Å². The first kappa shape index (κ1) is 13.1. The standard InChI is InChI=1S/C15H20O3/c1-10-6-11(2)12(3)15(7-10)18-9-14(16)13-4-5-17-8-13/h6-7,13H,4-5,8-9H2,1-3H3. The Morgan fingerprint density at radius 3 is 2.83 bits per heavy atom. The molecule has 0 amide bonds. The van der Waals surface area contributed by atoms with Crippen LogP contribution in [0.2, 0.25) is 0 Å². The molecule has 1 saturated heterocycles. The number of Topliss-reactive ketones (excluding diaryl/α,β-unsaturated/α-hetero) is 1. The van der Waals surface area contributed by atoms with Crippen LogP contribution in [0.3, 0.4) is 0 Å². The van der Waals surface area contributed by atoms with Gasteiger partial charge in [0.05, 0.1) is 6.61 Å². The minimum Gasteiger partial charge on any atom is -0.486 e. The third-order valence-electron chi connectivity index (χ3n) is 3.52. The number of hydrogen-bond acceptors (Lipinski definition) is 3. The van der Waals surface area contributed by atoms with Crippen LogP contribution in [0, 0.1) is 26.7 Å². The molecular formula is C15H20O3. The summed E-state index contributed by atoms with van der Waals surface area (Å²) in [4.78, 5) is 11.9. The molecule has 1 fully saturated rings. The molecule has 2 rings (SSSR count). The average Bonchev–Trinajstić information content (AvgIpc) is 2.85. The average molecular weight is 248 g/mol. The maximum Gasteiger partial charge on any atom is 0.175 e. The number of aryl methyl sites for hydroxylation is 2. The highest BCUT2D eigenvalue weighted by atomic mass is 16.5. The molecule has 1 aliphatic rings. The number of carbonyl (C=O) groups excluding carboxylic acids is 1. The minimum absolute atomic E-state index is 0.0243. The zero-order valence-electron chi connectivity index (χ0n) is 11.3. The smallest absolute Gasteiger partial charge is 0.175 e. The molecule has 1 aromatic rings. The van der Waals surface area contributed by atoms with Crippen LogP contribution in [-0.2, 0) is 9.53 Å². The number of hydrogen-bond donors (Lipinski definition) is 0. The second kappa shape index (κ2) is 5.53. The molecule has 0 saturated carbocycles. The Kier molecular flexibility index (Phi) is 4.02. The number of rotatable bonds is 4. The molecule has 0 N–H and O–H groups in total. The number of benzene rings is 1. The van der Waals surface area contributed by atoms with Gasteiger partial charge in [0.1, 0.15) is 12.4 Å². The topological polar surface area (TPSA) is 35.5 Å². The SMILES string of the molecule is Cc1cc(C)c(C)c(OCC(=O)C2CCOC2)c1. The van der Waals surface area contributed by atoms with Crippen molar-refractivity contribution < 1.29 is 14.3 Å². The molecule has 0 radical (unpaired) electrons. The van der Waals surface area contributed by atoms with E-state index >= 15 is 0 Å². The molecule has 98 valence electrons. The monoisotopic (exact) mass is 248 g/mol. The van der Waals surface area contributed by atoms with Gasteiger partial charge in [-0.1, -0.05) is 6.07 Å². The zero-order valence-corrected chi connectivity index (χ0v) is 11.3. The minimum atomic E-state index is 0.0243. The molecule has 1 aliphatic heterocycles. The fraction of sp³-hybridized carbons (Fsp3) is 0.533. The largest absolute Gasteiger partial charge is 0.486 e. The van der Waals surface area contributed by atoms with Gasteiger partial charge in [0.25, 0.3) is 0 Å². The molecule has 0 aliphatic carbocycles. The number of ketones is 1. The summed E-state index contributed by atoms with van der Waals surface area (Å²) in [6.45, 7) is 7.51. The van der Waals surface area contributed by atoms with Crippen LogP contribution < -0.4 is 4.74 Å². The summed E-state index contributed by atoms with van der Waals surface area (Å²) in [6, 6.07) is 4.11. The molecule has 3 nitrogen and oxygen atoms in total. The molecule has 18 heavy (non-hydrogen) atoms. The summed E-state index contributed by atoms with van der Waals surface area (Å²) < 4.78 is 10.9. The molecule has 1 unspecified atom stereocenters. The number of carbonyl (C=O) groups is 1. The van der Waals surface area contributed by atoms with Gasteiger partial charge >= 0.3 is 0 Å². The Morgan fingerprint density at radius 1 is 1.39 bits per heavy atom. The summed E-state index contributed by atoms with van der Waals surface area (Å²) in [5.74, 6) is 0.988. The van der Waals surface area contributed by atoms with E-state index in [1.807, 2.05) is 19.9 Å². The van der Waals surface area contributed by atoms with Crippen molar-refractivity contribution in [2.24, 2.45) is 5.92 Å². The Balaban J connectivity index is 1.99. The van der Waals surface area contributed by atoms with Crippen molar-refractivity contribution in [1.29, 1.82) is 0 Å². The third-order valence-corrected chi connectivity index (χ3v) is 3.52. The van der Waals surface area contributed by atoms with E-state index < -0.39 is 0 Å². The van der Waals surface area contributed by atoms with Gasteiger partial charge in [0.15, 0.2) is 5.78 Å². The number of ether oxygens (including phenoxy) is 2. The molecule has 3 heteroatoms. The highest BCUT2D eigenvalue weighted by Crippen LogP contribution is 2.23. The summed E-state index contributed by atoms with van der Waals surface area (Å²) >= 11 is 0. The second-order valence-corrected chi connectivity index (χ2v) is 5.02. The predicted octanol–water partition coefficient (Wildman–Crippen LogP) is 2.60. The van der Waals surface area contributed by atoms with Crippen molar-refractivity contribution in [2.45, 2.75) is 27.2 Å². The van der Waals surface area contributed by atoms with Crippen molar-refractivity contribution >= 4 is 5.78 Å². The van der Waals surface area contributed by atoms with Gasteiger partial charge in [0, 0.05) is 12.5 Å². The van der Waals surface area contributed by atoms with E-state index in [-0.39, 0.29) is 18.3 Å². The lowest BCUT2D eigenvalue weighted by Gasteiger charge is -2.13. The lowest BCUT2D eigenvalue weighted by molar-refractivity contribution is -0.124. The van der Waals surface area contributed by atoms with Gasteiger partial charge in [-0.05, 0) is 49.9 Å².